The summed E-state index contributed by atoms with van der Waals surface area (Å²) in [6, 6.07) is 5.20. The van der Waals surface area contributed by atoms with E-state index in [-0.39, 0.29) is 5.69 Å². The molecule has 3 rings (SSSR count). The molecule has 0 atom stereocenters. The lowest BCUT2D eigenvalue weighted by Crippen LogP contribution is -2.12. The molecule has 9 heteroatoms. The number of aryl methyl sites for hydroxylation is 1. The Morgan fingerprint density at radius 2 is 1.85 bits per heavy atom. The number of fused-ring (bicyclic) bond motifs is 1. The van der Waals surface area contributed by atoms with Gasteiger partial charge in [0.2, 0.25) is 0 Å². The number of amides is 1. The molecular formula is C17H17N3O5S. The van der Waals surface area contributed by atoms with Crippen molar-refractivity contribution in [3.8, 4) is 11.5 Å². The van der Waals surface area contributed by atoms with Crippen molar-refractivity contribution in [2.24, 2.45) is 0 Å². The van der Waals surface area contributed by atoms with Gasteiger partial charge in [0, 0.05) is 10.3 Å². The van der Waals surface area contributed by atoms with Gasteiger partial charge in [0.1, 0.15) is 17.2 Å². The molecule has 2 N–H and O–H groups in total. The Hall–Kier alpha value is -3.07. The minimum absolute atomic E-state index is 0.188. The van der Waals surface area contributed by atoms with Gasteiger partial charge < -0.3 is 19.2 Å². The summed E-state index contributed by atoms with van der Waals surface area (Å²) in [5.74, 6) is 0.280. The van der Waals surface area contributed by atoms with Crippen LogP contribution in [0.5, 0.6) is 11.5 Å². The van der Waals surface area contributed by atoms with E-state index in [0.717, 1.165) is 5.39 Å². The van der Waals surface area contributed by atoms with Gasteiger partial charge in [-0.05, 0) is 25.1 Å². The maximum absolute atomic E-state index is 12.6. The van der Waals surface area contributed by atoms with E-state index in [0.29, 0.717) is 32.7 Å². The van der Waals surface area contributed by atoms with Crippen LogP contribution in [0.1, 0.15) is 25.9 Å². The summed E-state index contributed by atoms with van der Waals surface area (Å²) < 4.78 is 15.3. The Morgan fingerprint density at radius 3 is 2.50 bits per heavy atom. The van der Waals surface area contributed by atoms with Gasteiger partial charge in [0.15, 0.2) is 10.8 Å². The molecule has 0 spiro atoms. The van der Waals surface area contributed by atoms with Gasteiger partial charge in [0.25, 0.3) is 5.91 Å². The van der Waals surface area contributed by atoms with Crippen LogP contribution in [0.3, 0.4) is 0 Å². The molecule has 0 aliphatic heterocycles. The summed E-state index contributed by atoms with van der Waals surface area (Å²) in [6.07, 6.45) is 0. The molecular weight excluding hydrogens is 358 g/mol. The fourth-order valence-electron chi connectivity index (χ4n) is 2.54. The molecule has 0 saturated heterocycles. The molecule has 0 aliphatic rings. The number of aromatic nitrogens is 2. The Morgan fingerprint density at radius 1 is 1.15 bits per heavy atom. The van der Waals surface area contributed by atoms with Crippen molar-refractivity contribution >= 4 is 39.2 Å². The standard InChI is InChI=1S/C17H17N3O5S/c1-8-13(16(22)25-4)19-17(26-8)20-15(21)10-7-9-11(23-2)5-6-12(24-3)14(9)18-10/h5-7,18H,1-4H3,(H,19,20,21). The summed E-state index contributed by atoms with van der Waals surface area (Å²) in [6.45, 7) is 1.73. The number of thiazole rings is 1. The number of esters is 1. The van der Waals surface area contributed by atoms with Crippen molar-refractivity contribution in [1.82, 2.24) is 9.97 Å². The molecule has 2 heterocycles. The monoisotopic (exact) mass is 375 g/mol. The molecule has 0 saturated carbocycles. The Balaban J connectivity index is 1.92. The van der Waals surface area contributed by atoms with Gasteiger partial charge in [-0.15, -0.1) is 11.3 Å². The summed E-state index contributed by atoms with van der Waals surface area (Å²) in [5, 5.41) is 3.72. The van der Waals surface area contributed by atoms with Gasteiger partial charge >= 0.3 is 5.97 Å². The molecule has 0 radical (unpaired) electrons. The third kappa shape index (κ3) is 3.08. The molecule has 0 aliphatic carbocycles. The molecule has 2 aromatic heterocycles. The predicted molar refractivity (Wildman–Crippen MR) is 97.5 cm³/mol. The zero-order valence-corrected chi connectivity index (χ0v) is 15.4. The van der Waals surface area contributed by atoms with Crippen LogP contribution < -0.4 is 14.8 Å². The first-order chi connectivity index (χ1) is 12.5. The van der Waals surface area contributed by atoms with Crippen LogP contribution in [0.25, 0.3) is 10.9 Å². The molecule has 0 bridgehead atoms. The van der Waals surface area contributed by atoms with E-state index in [1.807, 2.05) is 0 Å². The number of carbonyl (C=O) groups is 2. The van der Waals surface area contributed by atoms with E-state index in [4.69, 9.17) is 9.47 Å². The summed E-state index contributed by atoms with van der Waals surface area (Å²) in [7, 11) is 4.39. The van der Waals surface area contributed by atoms with E-state index < -0.39 is 11.9 Å². The maximum Gasteiger partial charge on any atom is 0.357 e. The van der Waals surface area contributed by atoms with Gasteiger partial charge in [-0.1, -0.05) is 0 Å². The van der Waals surface area contributed by atoms with Crippen molar-refractivity contribution in [3.05, 3.63) is 34.5 Å². The van der Waals surface area contributed by atoms with Crippen LogP contribution in [0.2, 0.25) is 0 Å². The lowest BCUT2D eigenvalue weighted by molar-refractivity contribution is 0.0594. The number of nitrogens with zero attached hydrogens (tertiary/aromatic N) is 1. The number of carbonyl (C=O) groups excluding carboxylic acids is 2. The Kier molecular flexibility index (Phi) is 4.81. The van der Waals surface area contributed by atoms with Crippen LogP contribution >= 0.6 is 11.3 Å². The van der Waals surface area contributed by atoms with Gasteiger partial charge in [-0.2, -0.15) is 0 Å². The Bertz CT molecular complexity index is 951. The highest BCUT2D eigenvalue weighted by Crippen LogP contribution is 2.33. The second-order valence-electron chi connectivity index (χ2n) is 5.31. The zero-order chi connectivity index (χ0) is 18.8. The molecule has 8 nitrogen and oxygen atoms in total. The number of nitrogens with one attached hydrogen (secondary N) is 2. The number of benzene rings is 1. The quantitative estimate of drug-likeness (QED) is 0.665. The highest BCUT2D eigenvalue weighted by Gasteiger charge is 2.19. The molecule has 0 unspecified atom stereocenters. The average Bonchev–Trinajstić information content (AvgIpc) is 3.24. The van der Waals surface area contributed by atoms with Crippen molar-refractivity contribution in [2.75, 3.05) is 26.6 Å². The SMILES string of the molecule is COC(=O)c1nc(NC(=O)c2cc3c(OC)ccc(OC)c3[nH]2)sc1C. The van der Waals surface area contributed by atoms with Crippen molar-refractivity contribution in [2.45, 2.75) is 6.92 Å². The topological polar surface area (TPSA) is 103 Å². The van der Waals surface area contributed by atoms with Gasteiger partial charge in [-0.3, -0.25) is 10.1 Å². The normalized spacial score (nSPS) is 10.6. The van der Waals surface area contributed by atoms with Gasteiger partial charge in [0.05, 0.1) is 26.8 Å². The van der Waals surface area contributed by atoms with E-state index >= 15 is 0 Å². The van der Waals surface area contributed by atoms with Crippen molar-refractivity contribution in [3.63, 3.8) is 0 Å². The first-order valence-corrected chi connectivity index (χ1v) is 8.41. The number of aromatic amines is 1. The van der Waals surface area contributed by atoms with Crippen molar-refractivity contribution in [1.29, 1.82) is 0 Å². The lowest BCUT2D eigenvalue weighted by Gasteiger charge is -2.05. The molecule has 1 aromatic carbocycles. The molecule has 1 amide bonds. The number of anilines is 1. The largest absolute Gasteiger partial charge is 0.496 e. The van der Waals surface area contributed by atoms with Crippen LogP contribution in [0.4, 0.5) is 5.13 Å². The predicted octanol–water partition coefficient (Wildman–Crippen LogP) is 2.99. The van der Waals surface area contributed by atoms with Crippen LogP contribution in [0, 0.1) is 6.92 Å². The molecule has 3 aromatic rings. The van der Waals surface area contributed by atoms with Gasteiger partial charge in [-0.25, -0.2) is 9.78 Å². The average molecular weight is 375 g/mol. The second-order valence-corrected chi connectivity index (χ2v) is 6.51. The maximum atomic E-state index is 12.6. The fraction of sp³-hybridized carbons (Fsp3) is 0.235. The lowest BCUT2D eigenvalue weighted by atomic mass is 10.2. The third-order valence-corrected chi connectivity index (χ3v) is 4.68. The smallest absolute Gasteiger partial charge is 0.357 e. The highest BCUT2D eigenvalue weighted by atomic mass is 32.1. The number of hydrogen-bond donors (Lipinski definition) is 2. The minimum Gasteiger partial charge on any atom is -0.496 e. The number of methoxy groups -OCH3 is 3. The zero-order valence-electron chi connectivity index (χ0n) is 14.6. The second kappa shape index (κ2) is 7.04. The van der Waals surface area contributed by atoms with Crippen LogP contribution in [-0.2, 0) is 4.74 Å². The van der Waals surface area contributed by atoms with E-state index in [2.05, 4.69) is 20.0 Å². The first-order valence-electron chi connectivity index (χ1n) is 7.59. The summed E-state index contributed by atoms with van der Waals surface area (Å²) in [4.78, 5) is 32.0. The summed E-state index contributed by atoms with van der Waals surface area (Å²) in [5.41, 5.74) is 1.16. The number of rotatable bonds is 5. The molecule has 0 fully saturated rings. The van der Waals surface area contributed by atoms with Crippen LogP contribution in [-0.4, -0.2) is 43.2 Å². The number of ether oxygens (including phenoxy) is 3. The number of H-pyrrole nitrogens is 1. The fourth-order valence-corrected chi connectivity index (χ4v) is 3.33. The van der Waals surface area contributed by atoms with E-state index in [9.17, 15) is 9.59 Å². The van der Waals surface area contributed by atoms with Crippen molar-refractivity contribution < 1.29 is 23.8 Å². The number of hydrogen-bond acceptors (Lipinski definition) is 7. The highest BCUT2D eigenvalue weighted by molar-refractivity contribution is 7.16. The van der Waals surface area contributed by atoms with E-state index in [1.54, 1.807) is 39.3 Å². The molecule has 26 heavy (non-hydrogen) atoms. The third-order valence-electron chi connectivity index (χ3n) is 3.80. The Labute approximate surface area is 153 Å². The minimum atomic E-state index is -0.542. The molecule has 136 valence electrons. The summed E-state index contributed by atoms with van der Waals surface area (Å²) >= 11 is 1.20. The van der Waals surface area contributed by atoms with Crippen LogP contribution in [0.15, 0.2) is 18.2 Å². The van der Waals surface area contributed by atoms with E-state index in [1.165, 1.54) is 18.4 Å². The first kappa shape index (κ1) is 17.7.